The van der Waals surface area contributed by atoms with E-state index in [1.54, 1.807) is 13.0 Å². The van der Waals surface area contributed by atoms with E-state index in [1.807, 2.05) is 6.92 Å². The Kier molecular flexibility index (Phi) is 4.72. The maximum absolute atomic E-state index is 10.6. The smallest absolute Gasteiger partial charge is 0.371 e. The fourth-order valence-electron chi connectivity index (χ4n) is 1.67. The minimum absolute atomic E-state index is 0.0675. The Morgan fingerprint density at radius 1 is 1.53 bits per heavy atom. The lowest BCUT2D eigenvalue weighted by Crippen LogP contribution is -2.37. The molecule has 96 valence electrons. The van der Waals surface area contributed by atoms with Crippen LogP contribution in [-0.2, 0) is 6.54 Å². The number of hydrogen-bond donors (Lipinski definition) is 3. The van der Waals surface area contributed by atoms with Crippen LogP contribution in [-0.4, -0.2) is 28.3 Å². The summed E-state index contributed by atoms with van der Waals surface area (Å²) >= 11 is 0. The van der Waals surface area contributed by atoms with Gasteiger partial charge in [0, 0.05) is 6.54 Å². The minimum atomic E-state index is -1.07. The third kappa shape index (κ3) is 4.58. The van der Waals surface area contributed by atoms with Gasteiger partial charge in [-0.05, 0) is 25.5 Å². The second-order valence-corrected chi connectivity index (χ2v) is 4.42. The molecule has 0 radical (unpaired) electrons. The van der Waals surface area contributed by atoms with E-state index in [0.717, 1.165) is 12.8 Å². The highest BCUT2D eigenvalue weighted by Crippen LogP contribution is 2.11. The molecule has 0 fully saturated rings. The van der Waals surface area contributed by atoms with E-state index >= 15 is 0 Å². The quantitative estimate of drug-likeness (QED) is 0.675. The number of hydrogen-bond acceptors (Lipinski definition) is 4. The van der Waals surface area contributed by atoms with Gasteiger partial charge in [-0.1, -0.05) is 13.3 Å². The molecule has 0 aliphatic heterocycles. The van der Waals surface area contributed by atoms with Crippen molar-refractivity contribution in [3.63, 3.8) is 0 Å². The first kappa shape index (κ1) is 13.7. The van der Waals surface area contributed by atoms with Gasteiger partial charge in [-0.2, -0.15) is 0 Å². The van der Waals surface area contributed by atoms with Crippen LogP contribution in [0.15, 0.2) is 16.5 Å². The summed E-state index contributed by atoms with van der Waals surface area (Å²) < 4.78 is 5.08. The summed E-state index contributed by atoms with van der Waals surface area (Å²) in [5, 5.41) is 21.6. The van der Waals surface area contributed by atoms with Gasteiger partial charge in [0.2, 0.25) is 5.76 Å². The molecule has 0 aliphatic carbocycles. The normalized spacial score (nSPS) is 14.5. The van der Waals surface area contributed by atoms with E-state index in [1.165, 1.54) is 6.07 Å². The van der Waals surface area contributed by atoms with Crippen LogP contribution in [0.3, 0.4) is 0 Å². The Balaban J connectivity index is 2.38. The van der Waals surface area contributed by atoms with Crippen LogP contribution in [0, 0.1) is 0 Å². The zero-order chi connectivity index (χ0) is 12.9. The molecule has 0 bridgehead atoms. The van der Waals surface area contributed by atoms with Gasteiger partial charge < -0.3 is 19.9 Å². The maximum atomic E-state index is 10.6. The molecular weight excluding hydrogens is 222 g/mol. The average molecular weight is 241 g/mol. The molecule has 3 N–H and O–H groups in total. The van der Waals surface area contributed by atoms with Crippen molar-refractivity contribution >= 4 is 5.97 Å². The van der Waals surface area contributed by atoms with Crippen molar-refractivity contribution in [3.05, 3.63) is 23.7 Å². The van der Waals surface area contributed by atoms with E-state index in [4.69, 9.17) is 9.52 Å². The minimum Gasteiger partial charge on any atom is -0.475 e. The Labute approximate surface area is 100 Å². The number of aliphatic hydroxyl groups is 1. The van der Waals surface area contributed by atoms with Gasteiger partial charge in [0.25, 0.3) is 0 Å². The van der Waals surface area contributed by atoms with Crippen LogP contribution in [0.4, 0.5) is 0 Å². The van der Waals surface area contributed by atoms with Crippen molar-refractivity contribution in [1.82, 2.24) is 5.32 Å². The lowest BCUT2D eigenvalue weighted by atomic mass is 10.0. The van der Waals surface area contributed by atoms with Crippen molar-refractivity contribution in [3.8, 4) is 0 Å². The molecule has 0 aliphatic rings. The van der Waals surface area contributed by atoms with Crippen LogP contribution < -0.4 is 5.32 Å². The van der Waals surface area contributed by atoms with E-state index in [9.17, 15) is 9.90 Å². The highest BCUT2D eigenvalue weighted by atomic mass is 16.4. The summed E-state index contributed by atoms with van der Waals surface area (Å²) in [6, 6.07) is 3.04. The van der Waals surface area contributed by atoms with Gasteiger partial charge >= 0.3 is 5.97 Å². The van der Waals surface area contributed by atoms with E-state index in [-0.39, 0.29) is 5.76 Å². The molecule has 0 amide bonds. The van der Waals surface area contributed by atoms with Crippen molar-refractivity contribution in [2.24, 2.45) is 0 Å². The van der Waals surface area contributed by atoms with E-state index in [2.05, 4.69) is 5.32 Å². The molecule has 1 atom stereocenters. The Morgan fingerprint density at radius 3 is 2.76 bits per heavy atom. The molecular formula is C12H19NO4. The van der Waals surface area contributed by atoms with Crippen molar-refractivity contribution in [2.75, 3.05) is 6.54 Å². The molecule has 5 nitrogen and oxygen atoms in total. The summed E-state index contributed by atoms with van der Waals surface area (Å²) in [4.78, 5) is 10.6. The SMILES string of the molecule is CCCC(C)(O)CNCc1ccc(C(=O)O)o1. The van der Waals surface area contributed by atoms with Crippen LogP contribution >= 0.6 is 0 Å². The second kappa shape index (κ2) is 5.84. The van der Waals surface area contributed by atoms with Crippen molar-refractivity contribution < 1.29 is 19.4 Å². The Bertz CT molecular complexity index is 370. The van der Waals surface area contributed by atoms with Gasteiger partial charge in [-0.15, -0.1) is 0 Å². The number of nitrogens with one attached hydrogen (secondary N) is 1. The largest absolute Gasteiger partial charge is 0.475 e. The molecule has 0 saturated heterocycles. The molecule has 0 saturated carbocycles. The summed E-state index contributed by atoms with van der Waals surface area (Å²) in [6.07, 6.45) is 1.64. The number of aromatic carboxylic acids is 1. The highest BCUT2D eigenvalue weighted by Gasteiger charge is 2.18. The lowest BCUT2D eigenvalue weighted by molar-refractivity contribution is 0.0491. The Morgan fingerprint density at radius 2 is 2.24 bits per heavy atom. The fourth-order valence-corrected chi connectivity index (χ4v) is 1.67. The summed E-state index contributed by atoms with van der Waals surface area (Å²) in [5.41, 5.74) is -0.739. The molecule has 1 rings (SSSR count). The predicted octanol–water partition coefficient (Wildman–Crippen LogP) is 1.62. The molecule has 5 heteroatoms. The van der Waals surface area contributed by atoms with Crippen LogP contribution in [0.1, 0.15) is 43.0 Å². The topological polar surface area (TPSA) is 82.7 Å². The fraction of sp³-hybridized carbons (Fsp3) is 0.583. The number of carboxylic acids is 1. The third-order valence-electron chi connectivity index (χ3n) is 2.47. The summed E-state index contributed by atoms with van der Waals surface area (Å²) in [5.74, 6) is -0.592. The van der Waals surface area contributed by atoms with E-state index in [0.29, 0.717) is 18.8 Å². The zero-order valence-electron chi connectivity index (χ0n) is 10.2. The molecule has 1 heterocycles. The first-order chi connectivity index (χ1) is 7.94. The van der Waals surface area contributed by atoms with Gasteiger partial charge in [0.05, 0.1) is 12.1 Å². The second-order valence-electron chi connectivity index (χ2n) is 4.42. The monoisotopic (exact) mass is 241 g/mol. The van der Waals surface area contributed by atoms with Gasteiger partial charge in [0.1, 0.15) is 5.76 Å². The molecule has 0 spiro atoms. The predicted molar refractivity (Wildman–Crippen MR) is 62.9 cm³/mol. The van der Waals surface area contributed by atoms with Crippen LogP contribution in [0.2, 0.25) is 0 Å². The van der Waals surface area contributed by atoms with Crippen molar-refractivity contribution in [1.29, 1.82) is 0 Å². The highest BCUT2D eigenvalue weighted by molar-refractivity contribution is 5.84. The maximum Gasteiger partial charge on any atom is 0.371 e. The molecule has 0 aromatic carbocycles. The first-order valence-corrected chi connectivity index (χ1v) is 5.70. The molecule has 1 aromatic rings. The van der Waals surface area contributed by atoms with Gasteiger partial charge in [-0.3, -0.25) is 0 Å². The van der Waals surface area contributed by atoms with Crippen LogP contribution in [0.5, 0.6) is 0 Å². The standard InChI is InChI=1S/C12H19NO4/c1-3-6-12(2,16)8-13-7-9-4-5-10(17-9)11(14)15/h4-5,13,16H,3,6-8H2,1-2H3,(H,14,15). The number of rotatable bonds is 7. The molecule has 17 heavy (non-hydrogen) atoms. The summed E-state index contributed by atoms with van der Waals surface area (Å²) in [6.45, 7) is 4.64. The zero-order valence-corrected chi connectivity index (χ0v) is 10.2. The molecule has 1 unspecified atom stereocenters. The average Bonchev–Trinajstić information content (AvgIpc) is 2.66. The first-order valence-electron chi connectivity index (χ1n) is 5.70. The number of furan rings is 1. The van der Waals surface area contributed by atoms with Gasteiger partial charge in [-0.25, -0.2) is 4.79 Å². The third-order valence-corrected chi connectivity index (χ3v) is 2.47. The molecule has 1 aromatic heterocycles. The lowest BCUT2D eigenvalue weighted by Gasteiger charge is -2.22. The number of carbonyl (C=O) groups is 1. The Hall–Kier alpha value is -1.33. The van der Waals surface area contributed by atoms with Crippen LogP contribution in [0.25, 0.3) is 0 Å². The van der Waals surface area contributed by atoms with Crippen molar-refractivity contribution in [2.45, 2.75) is 38.8 Å². The summed E-state index contributed by atoms with van der Waals surface area (Å²) in [7, 11) is 0. The van der Waals surface area contributed by atoms with E-state index < -0.39 is 11.6 Å². The van der Waals surface area contributed by atoms with Gasteiger partial charge in [0.15, 0.2) is 0 Å². The number of carboxylic acid groups (broad SMARTS) is 1.